The van der Waals surface area contributed by atoms with E-state index in [1.54, 1.807) is 0 Å². The Labute approximate surface area is 129 Å². The van der Waals surface area contributed by atoms with Crippen LogP contribution < -0.4 is 5.73 Å². The average molecular weight is 346 g/mol. The van der Waals surface area contributed by atoms with Gasteiger partial charge in [-0.05, 0) is 58.9 Å². The molecule has 2 rings (SSSR count). The first-order valence-electron chi connectivity index (χ1n) is 7.02. The maximum atomic E-state index is 6.16. The van der Waals surface area contributed by atoms with Gasteiger partial charge in [0.15, 0.2) is 0 Å². The van der Waals surface area contributed by atoms with E-state index in [0.29, 0.717) is 6.04 Å². The summed E-state index contributed by atoms with van der Waals surface area (Å²) < 4.78 is 0.956. The zero-order valence-corrected chi connectivity index (χ0v) is 13.8. The molecular formula is C15H22BrClN2. The van der Waals surface area contributed by atoms with Gasteiger partial charge in [-0.1, -0.05) is 31.0 Å². The maximum Gasteiger partial charge on any atom is 0.0551 e. The van der Waals surface area contributed by atoms with Crippen LogP contribution in [0.2, 0.25) is 5.02 Å². The molecule has 1 fully saturated rings. The van der Waals surface area contributed by atoms with Crippen molar-refractivity contribution in [1.29, 1.82) is 0 Å². The molecule has 2 atom stereocenters. The van der Waals surface area contributed by atoms with Crippen molar-refractivity contribution in [3.63, 3.8) is 0 Å². The molecule has 0 amide bonds. The fourth-order valence-electron chi connectivity index (χ4n) is 2.88. The number of benzene rings is 1. The first kappa shape index (κ1) is 15.3. The molecule has 1 aliphatic heterocycles. The zero-order chi connectivity index (χ0) is 13.8. The lowest BCUT2D eigenvalue weighted by molar-refractivity contribution is 0.107. The molecule has 2 unspecified atom stereocenters. The second kappa shape index (κ2) is 7.07. The van der Waals surface area contributed by atoms with Crippen LogP contribution in [-0.4, -0.2) is 24.0 Å². The van der Waals surface area contributed by atoms with Gasteiger partial charge >= 0.3 is 0 Å². The molecule has 1 aromatic rings. The van der Waals surface area contributed by atoms with Crippen molar-refractivity contribution in [2.75, 3.05) is 13.1 Å². The largest absolute Gasteiger partial charge is 0.329 e. The monoisotopic (exact) mass is 344 g/mol. The third kappa shape index (κ3) is 3.94. The highest BCUT2D eigenvalue weighted by atomic mass is 79.9. The Kier molecular flexibility index (Phi) is 5.70. The molecule has 106 valence electrons. The van der Waals surface area contributed by atoms with Gasteiger partial charge in [-0.3, -0.25) is 4.90 Å². The Morgan fingerprint density at radius 3 is 2.89 bits per heavy atom. The average Bonchev–Trinajstić information content (AvgIpc) is 2.43. The molecule has 0 saturated carbocycles. The summed E-state index contributed by atoms with van der Waals surface area (Å²) in [7, 11) is 0. The van der Waals surface area contributed by atoms with E-state index >= 15 is 0 Å². The highest BCUT2D eigenvalue weighted by molar-refractivity contribution is 9.10. The lowest BCUT2D eigenvalue weighted by Gasteiger charge is -2.39. The number of nitrogens with zero attached hydrogens (tertiary/aromatic N) is 1. The van der Waals surface area contributed by atoms with E-state index in [9.17, 15) is 0 Å². The number of piperidine rings is 1. The molecule has 1 aliphatic rings. The Balaban J connectivity index is 2.03. The number of halogens is 2. The molecule has 1 heterocycles. The van der Waals surface area contributed by atoms with Crippen molar-refractivity contribution in [3.05, 3.63) is 33.3 Å². The lowest BCUT2D eigenvalue weighted by Crippen LogP contribution is -2.46. The number of likely N-dealkylation sites (tertiary alicyclic amines) is 1. The van der Waals surface area contributed by atoms with E-state index in [-0.39, 0.29) is 0 Å². The maximum absolute atomic E-state index is 6.16. The Morgan fingerprint density at radius 2 is 2.26 bits per heavy atom. The summed E-state index contributed by atoms with van der Waals surface area (Å²) >= 11 is 9.59. The van der Waals surface area contributed by atoms with Crippen LogP contribution in [0.25, 0.3) is 0 Å². The van der Waals surface area contributed by atoms with Crippen LogP contribution in [0.3, 0.4) is 0 Å². The van der Waals surface area contributed by atoms with Crippen LogP contribution in [-0.2, 0) is 6.54 Å². The smallest absolute Gasteiger partial charge is 0.0551 e. The fraction of sp³-hybridized carbons (Fsp3) is 0.600. The third-order valence-corrected chi connectivity index (χ3v) is 5.40. The van der Waals surface area contributed by atoms with Gasteiger partial charge < -0.3 is 5.73 Å². The van der Waals surface area contributed by atoms with Crippen LogP contribution >= 0.6 is 27.5 Å². The number of hydrogen-bond donors (Lipinski definition) is 1. The first-order chi connectivity index (χ1) is 9.13. The molecule has 2 N–H and O–H groups in total. The molecule has 0 bridgehead atoms. The molecule has 2 nitrogen and oxygen atoms in total. The van der Waals surface area contributed by atoms with Gasteiger partial charge in [0.25, 0.3) is 0 Å². The second-order valence-electron chi connectivity index (χ2n) is 5.41. The first-order valence-corrected chi connectivity index (χ1v) is 8.19. The van der Waals surface area contributed by atoms with Crippen molar-refractivity contribution in [3.8, 4) is 0 Å². The van der Waals surface area contributed by atoms with E-state index in [0.717, 1.165) is 35.0 Å². The van der Waals surface area contributed by atoms with Gasteiger partial charge in [0.2, 0.25) is 0 Å². The Morgan fingerprint density at radius 1 is 1.47 bits per heavy atom. The highest BCUT2D eigenvalue weighted by Gasteiger charge is 2.26. The molecule has 0 aromatic heterocycles. The fourth-order valence-corrected chi connectivity index (χ4v) is 3.33. The molecular weight excluding hydrogens is 324 g/mol. The molecule has 1 saturated heterocycles. The molecule has 19 heavy (non-hydrogen) atoms. The van der Waals surface area contributed by atoms with Crippen molar-refractivity contribution in [2.45, 2.75) is 38.8 Å². The summed E-state index contributed by atoms with van der Waals surface area (Å²) in [5, 5.41) is 0.783. The summed E-state index contributed by atoms with van der Waals surface area (Å²) in [5.41, 5.74) is 7.21. The second-order valence-corrected chi connectivity index (χ2v) is 6.67. The van der Waals surface area contributed by atoms with E-state index in [4.69, 9.17) is 17.3 Å². The molecule has 0 aliphatic carbocycles. The van der Waals surface area contributed by atoms with Crippen molar-refractivity contribution in [1.82, 2.24) is 4.90 Å². The summed E-state index contributed by atoms with van der Waals surface area (Å²) in [6.07, 6.45) is 3.79. The van der Waals surface area contributed by atoms with Crippen LogP contribution in [0.1, 0.15) is 31.7 Å². The predicted molar refractivity (Wildman–Crippen MR) is 85.4 cm³/mol. The molecule has 4 heteroatoms. The molecule has 1 aromatic carbocycles. The Hall–Kier alpha value is -0.0900. The summed E-state index contributed by atoms with van der Waals surface area (Å²) in [4.78, 5) is 2.51. The normalized spacial score (nSPS) is 24.6. The van der Waals surface area contributed by atoms with E-state index < -0.39 is 0 Å². The third-order valence-electron chi connectivity index (χ3n) is 4.17. The minimum Gasteiger partial charge on any atom is -0.329 e. The van der Waals surface area contributed by atoms with E-state index in [1.165, 1.54) is 24.8 Å². The lowest BCUT2D eigenvalue weighted by atomic mass is 9.88. The number of rotatable bonds is 4. The van der Waals surface area contributed by atoms with Gasteiger partial charge in [-0.25, -0.2) is 0 Å². The zero-order valence-electron chi connectivity index (χ0n) is 11.4. The quantitative estimate of drug-likeness (QED) is 0.892. The SMILES string of the molecule is CCC1CCN(Cc2ccc(Br)c(Cl)c2)C(CN)C1. The predicted octanol–water partition coefficient (Wildman–Crippen LogP) is 4.05. The minimum absolute atomic E-state index is 0.515. The summed E-state index contributed by atoms with van der Waals surface area (Å²) in [6.45, 7) is 5.13. The van der Waals surface area contributed by atoms with Gasteiger partial charge in [0.05, 0.1) is 5.02 Å². The van der Waals surface area contributed by atoms with E-state index in [2.05, 4.69) is 33.8 Å². The van der Waals surface area contributed by atoms with Crippen LogP contribution in [0.4, 0.5) is 0 Å². The Bertz CT molecular complexity index is 425. The highest BCUT2D eigenvalue weighted by Crippen LogP contribution is 2.28. The number of nitrogens with two attached hydrogens (primary N) is 1. The van der Waals surface area contributed by atoms with Crippen molar-refractivity contribution in [2.24, 2.45) is 11.7 Å². The van der Waals surface area contributed by atoms with E-state index in [1.807, 2.05) is 12.1 Å². The summed E-state index contributed by atoms with van der Waals surface area (Å²) in [6, 6.07) is 6.72. The molecule has 0 spiro atoms. The van der Waals surface area contributed by atoms with Crippen LogP contribution in [0, 0.1) is 5.92 Å². The van der Waals surface area contributed by atoms with Gasteiger partial charge in [-0.15, -0.1) is 0 Å². The van der Waals surface area contributed by atoms with Gasteiger partial charge in [0.1, 0.15) is 0 Å². The van der Waals surface area contributed by atoms with Crippen LogP contribution in [0.5, 0.6) is 0 Å². The van der Waals surface area contributed by atoms with Crippen LogP contribution in [0.15, 0.2) is 22.7 Å². The number of hydrogen-bond acceptors (Lipinski definition) is 2. The van der Waals surface area contributed by atoms with Gasteiger partial charge in [-0.2, -0.15) is 0 Å². The van der Waals surface area contributed by atoms with Gasteiger partial charge in [0, 0.05) is 23.6 Å². The standard InChI is InChI=1S/C15H22BrClN2/c1-2-11-5-6-19(13(7-11)9-18)10-12-3-4-14(16)15(17)8-12/h3-4,8,11,13H,2,5-7,9-10,18H2,1H3. The minimum atomic E-state index is 0.515. The topological polar surface area (TPSA) is 29.3 Å². The van der Waals surface area contributed by atoms with Crippen molar-refractivity contribution >= 4 is 27.5 Å². The van der Waals surface area contributed by atoms with Crippen molar-refractivity contribution < 1.29 is 0 Å². The summed E-state index contributed by atoms with van der Waals surface area (Å²) in [5.74, 6) is 0.846. The molecule has 0 radical (unpaired) electrons.